The monoisotopic (exact) mass is 247 g/mol. The van der Waals surface area contributed by atoms with Gasteiger partial charge in [-0.25, -0.2) is 0 Å². The van der Waals surface area contributed by atoms with Gasteiger partial charge in [0, 0.05) is 26.2 Å². The molecule has 2 saturated heterocycles. The lowest BCUT2D eigenvalue weighted by atomic mass is 10.3. The van der Waals surface area contributed by atoms with Gasteiger partial charge < -0.3 is 25.6 Å². The van der Waals surface area contributed by atoms with Gasteiger partial charge in [-0.05, 0) is 19.5 Å². The van der Waals surface area contributed by atoms with E-state index in [2.05, 4.69) is 10.2 Å². The van der Waals surface area contributed by atoms with Crippen molar-refractivity contribution in [3.8, 4) is 0 Å². The van der Waals surface area contributed by atoms with Crippen molar-refractivity contribution in [1.82, 2.24) is 10.2 Å². The van der Waals surface area contributed by atoms with Gasteiger partial charge in [-0.15, -0.1) is 0 Å². The highest BCUT2D eigenvalue weighted by Gasteiger charge is 2.08. The van der Waals surface area contributed by atoms with Gasteiger partial charge >= 0.3 is 0 Å². The highest BCUT2D eigenvalue weighted by atomic mass is 16.6. The second-order valence-electron chi connectivity index (χ2n) is 4.13. The molecule has 0 aliphatic carbocycles. The van der Waals surface area contributed by atoms with Crippen molar-refractivity contribution in [3.05, 3.63) is 0 Å². The van der Waals surface area contributed by atoms with E-state index in [0.717, 1.165) is 52.4 Å². The standard InChI is InChI=1S/C7H16N2O.C4H9NO2/c8-2-1-3-9-4-6-10-7-5-9;6-4-3-5-1-2-7-4/h1-8H2;4-6H,1-3H2. The maximum absolute atomic E-state index is 8.62. The van der Waals surface area contributed by atoms with Gasteiger partial charge in [0.15, 0.2) is 6.29 Å². The molecule has 0 aromatic rings. The number of β-amino-alcohol motifs (C(OH)–C–C–N with tert-alkyl or cyclic N) is 1. The van der Waals surface area contributed by atoms with Crippen molar-refractivity contribution in [3.63, 3.8) is 0 Å². The third-order valence-corrected chi connectivity index (χ3v) is 2.69. The first-order valence-corrected chi connectivity index (χ1v) is 6.33. The Morgan fingerprint density at radius 2 is 2.06 bits per heavy atom. The van der Waals surface area contributed by atoms with Crippen LogP contribution < -0.4 is 11.1 Å². The minimum absolute atomic E-state index is 0.569. The molecule has 102 valence electrons. The smallest absolute Gasteiger partial charge is 0.167 e. The first-order chi connectivity index (χ1) is 8.33. The predicted molar refractivity (Wildman–Crippen MR) is 65.8 cm³/mol. The summed E-state index contributed by atoms with van der Waals surface area (Å²) in [7, 11) is 0. The number of rotatable bonds is 3. The SMILES string of the molecule is NCCCN1CCOCC1.OC1CNCCO1. The molecule has 17 heavy (non-hydrogen) atoms. The number of hydrogen-bond donors (Lipinski definition) is 3. The van der Waals surface area contributed by atoms with E-state index < -0.39 is 6.29 Å². The lowest BCUT2D eigenvalue weighted by Crippen LogP contribution is -2.38. The van der Waals surface area contributed by atoms with E-state index in [-0.39, 0.29) is 0 Å². The Morgan fingerprint density at radius 1 is 1.29 bits per heavy atom. The van der Waals surface area contributed by atoms with Crippen molar-refractivity contribution in [2.45, 2.75) is 12.7 Å². The zero-order valence-corrected chi connectivity index (χ0v) is 10.4. The highest BCUT2D eigenvalue weighted by Crippen LogP contribution is 1.96. The Bertz CT molecular complexity index is 171. The number of nitrogens with two attached hydrogens (primary N) is 1. The number of nitrogens with zero attached hydrogens (tertiary/aromatic N) is 1. The summed E-state index contributed by atoms with van der Waals surface area (Å²) in [6.07, 6.45) is 0.536. The molecule has 2 heterocycles. The van der Waals surface area contributed by atoms with Gasteiger partial charge in [0.1, 0.15) is 0 Å². The van der Waals surface area contributed by atoms with Crippen molar-refractivity contribution >= 4 is 0 Å². The summed E-state index contributed by atoms with van der Waals surface area (Å²) >= 11 is 0. The van der Waals surface area contributed by atoms with Gasteiger partial charge in [0.2, 0.25) is 0 Å². The molecule has 6 heteroatoms. The molecule has 0 radical (unpaired) electrons. The first-order valence-electron chi connectivity index (χ1n) is 6.33. The molecule has 2 rings (SSSR count). The number of aliphatic hydroxyl groups is 1. The van der Waals surface area contributed by atoms with Crippen LogP contribution in [0.15, 0.2) is 0 Å². The normalized spacial score (nSPS) is 26.1. The van der Waals surface area contributed by atoms with Crippen molar-refractivity contribution < 1.29 is 14.6 Å². The molecule has 2 aliphatic heterocycles. The molecule has 0 amide bonds. The second kappa shape index (κ2) is 9.76. The summed E-state index contributed by atoms with van der Waals surface area (Å²) in [5, 5.41) is 11.6. The molecular formula is C11H25N3O3. The number of nitrogens with one attached hydrogen (secondary N) is 1. The lowest BCUT2D eigenvalue weighted by Gasteiger charge is -2.26. The zero-order valence-electron chi connectivity index (χ0n) is 10.4. The molecule has 0 bridgehead atoms. The number of morpholine rings is 2. The van der Waals surface area contributed by atoms with Gasteiger partial charge in [-0.3, -0.25) is 4.90 Å². The average Bonchev–Trinajstić information content (AvgIpc) is 2.39. The van der Waals surface area contributed by atoms with Gasteiger partial charge in [0.25, 0.3) is 0 Å². The molecule has 4 N–H and O–H groups in total. The van der Waals surface area contributed by atoms with Crippen LogP contribution in [-0.4, -0.2) is 75.4 Å². The molecule has 2 fully saturated rings. The lowest BCUT2D eigenvalue weighted by molar-refractivity contribution is -0.112. The Balaban J connectivity index is 0.000000181. The first kappa shape index (κ1) is 14.8. The van der Waals surface area contributed by atoms with Gasteiger partial charge in [0.05, 0.1) is 19.8 Å². The molecule has 0 aromatic carbocycles. The average molecular weight is 247 g/mol. The molecule has 1 unspecified atom stereocenters. The molecule has 6 nitrogen and oxygen atoms in total. The van der Waals surface area contributed by atoms with Crippen LogP contribution in [0.25, 0.3) is 0 Å². The minimum Gasteiger partial charge on any atom is -0.379 e. The topological polar surface area (TPSA) is 80.0 Å². The van der Waals surface area contributed by atoms with Crippen LogP contribution in [0.2, 0.25) is 0 Å². The van der Waals surface area contributed by atoms with Crippen LogP contribution in [0.1, 0.15) is 6.42 Å². The summed E-state index contributed by atoms with van der Waals surface area (Å²) in [5.41, 5.74) is 5.39. The highest BCUT2D eigenvalue weighted by molar-refractivity contribution is 4.61. The van der Waals surface area contributed by atoms with Crippen molar-refractivity contribution in [2.24, 2.45) is 5.73 Å². The molecule has 0 aromatic heterocycles. The molecule has 0 spiro atoms. The minimum atomic E-state index is -0.575. The van der Waals surface area contributed by atoms with Crippen LogP contribution >= 0.6 is 0 Å². The number of ether oxygens (including phenoxy) is 2. The molecule has 2 aliphatic rings. The van der Waals surface area contributed by atoms with E-state index in [1.807, 2.05) is 0 Å². The third-order valence-electron chi connectivity index (χ3n) is 2.69. The number of aliphatic hydroxyl groups excluding tert-OH is 1. The van der Waals surface area contributed by atoms with E-state index in [1.165, 1.54) is 0 Å². The zero-order chi connectivity index (χ0) is 12.3. The van der Waals surface area contributed by atoms with E-state index in [4.69, 9.17) is 20.3 Å². The van der Waals surface area contributed by atoms with E-state index in [0.29, 0.717) is 13.2 Å². The van der Waals surface area contributed by atoms with Gasteiger partial charge in [-0.1, -0.05) is 0 Å². The molecule has 0 saturated carbocycles. The Hall–Kier alpha value is -0.240. The maximum Gasteiger partial charge on any atom is 0.167 e. The van der Waals surface area contributed by atoms with Crippen LogP contribution in [-0.2, 0) is 9.47 Å². The fraction of sp³-hybridized carbons (Fsp3) is 1.00. The van der Waals surface area contributed by atoms with Crippen LogP contribution in [0.5, 0.6) is 0 Å². The molecule has 1 atom stereocenters. The van der Waals surface area contributed by atoms with Crippen LogP contribution in [0.3, 0.4) is 0 Å². The molecular weight excluding hydrogens is 222 g/mol. The van der Waals surface area contributed by atoms with E-state index >= 15 is 0 Å². The summed E-state index contributed by atoms with van der Waals surface area (Å²) in [5.74, 6) is 0. The summed E-state index contributed by atoms with van der Waals surface area (Å²) < 4.78 is 9.98. The van der Waals surface area contributed by atoms with Gasteiger partial charge in [-0.2, -0.15) is 0 Å². The predicted octanol–water partition coefficient (Wildman–Crippen LogP) is -1.41. The van der Waals surface area contributed by atoms with Crippen molar-refractivity contribution in [1.29, 1.82) is 0 Å². The largest absolute Gasteiger partial charge is 0.379 e. The second-order valence-corrected chi connectivity index (χ2v) is 4.13. The summed E-state index contributed by atoms with van der Waals surface area (Å²) in [6.45, 7) is 7.95. The van der Waals surface area contributed by atoms with Crippen LogP contribution in [0.4, 0.5) is 0 Å². The summed E-state index contributed by atoms with van der Waals surface area (Å²) in [6, 6.07) is 0. The maximum atomic E-state index is 8.62. The van der Waals surface area contributed by atoms with E-state index in [9.17, 15) is 0 Å². The Labute approximate surface area is 103 Å². The quantitative estimate of drug-likeness (QED) is 0.569. The van der Waals surface area contributed by atoms with Crippen molar-refractivity contribution in [2.75, 3.05) is 59.1 Å². The summed E-state index contributed by atoms with van der Waals surface area (Å²) in [4.78, 5) is 2.40. The Kier molecular flexibility index (Phi) is 8.50. The number of hydrogen-bond acceptors (Lipinski definition) is 6. The fourth-order valence-electron chi connectivity index (χ4n) is 1.69. The van der Waals surface area contributed by atoms with Crippen LogP contribution in [0, 0.1) is 0 Å². The van der Waals surface area contributed by atoms with E-state index in [1.54, 1.807) is 0 Å². The third kappa shape index (κ3) is 7.64. The Morgan fingerprint density at radius 3 is 2.53 bits per heavy atom. The fourth-order valence-corrected chi connectivity index (χ4v) is 1.69.